The highest BCUT2D eigenvalue weighted by Gasteiger charge is 2.30. The van der Waals surface area contributed by atoms with Gasteiger partial charge in [-0.05, 0) is 26.0 Å². The van der Waals surface area contributed by atoms with Crippen LogP contribution in [0.3, 0.4) is 0 Å². The monoisotopic (exact) mass is 282 g/mol. The highest BCUT2D eigenvalue weighted by molar-refractivity contribution is 6.15. The van der Waals surface area contributed by atoms with Crippen molar-refractivity contribution < 1.29 is 23.5 Å². The lowest BCUT2D eigenvalue weighted by molar-refractivity contribution is -0.121. The van der Waals surface area contributed by atoms with E-state index in [1.54, 1.807) is 32.0 Å². The first kappa shape index (κ1) is 16.1. The Balaban J connectivity index is 3.24. The van der Waals surface area contributed by atoms with Gasteiger partial charge in [0.25, 0.3) is 0 Å². The van der Waals surface area contributed by atoms with E-state index in [1.807, 2.05) is 0 Å². The number of alkyl halides is 1. The van der Waals surface area contributed by atoms with E-state index in [-0.39, 0.29) is 23.5 Å². The van der Waals surface area contributed by atoms with Gasteiger partial charge in [0.05, 0.1) is 13.2 Å². The predicted octanol–water partition coefficient (Wildman–Crippen LogP) is 2.98. The second-order valence-corrected chi connectivity index (χ2v) is 4.04. The molecular weight excluding hydrogens is 263 g/mol. The fraction of sp³-hybridized carbons (Fsp3) is 0.467. The van der Waals surface area contributed by atoms with Gasteiger partial charge in [0.15, 0.2) is 5.78 Å². The zero-order chi connectivity index (χ0) is 15.1. The summed E-state index contributed by atoms with van der Waals surface area (Å²) in [5, 5.41) is 0. The summed E-state index contributed by atoms with van der Waals surface area (Å²) in [5.41, 5.74) is -0.00880. The minimum Gasteiger partial charge on any atom is -0.493 e. The summed E-state index contributed by atoms with van der Waals surface area (Å²) in [4.78, 5) is 23.6. The second kappa shape index (κ2) is 7.62. The van der Waals surface area contributed by atoms with Crippen molar-refractivity contribution in [3.05, 3.63) is 23.8 Å². The van der Waals surface area contributed by atoms with Crippen LogP contribution in [-0.4, -0.2) is 31.0 Å². The number of benzene rings is 1. The number of halogens is 1. The first-order chi connectivity index (χ1) is 9.56. The van der Waals surface area contributed by atoms with Crippen LogP contribution in [0.25, 0.3) is 0 Å². The van der Waals surface area contributed by atoms with Crippen LogP contribution in [0.1, 0.15) is 37.6 Å². The van der Waals surface area contributed by atoms with Gasteiger partial charge < -0.3 is 9.47 Å². The number of Topliss-reactive ketones (excluding diaryl/α,β-unsaturated/α-hetero) is 2. The summed E-state index contributed by atoms with van der Waals surface area (Å²) in [6.07, 6.45) is -2.21. The van der Waals surface area contributed by atoms with Crippen LogP contribution in [0, 0.1) is 0 Å². The Morgan fingerprint density at radius 3 is 2.00 bits per heavy atom. The van der Waals surface area contributed by atoms with Crippen molar-refractivity contribution in [1.29, 1.82) is 0 Å². The number of ether oxygens (including phenoxy) is 2. The third-order valence-corrected chi connectivity index (χ3v) is 2.70. The minimum atomic E-state index is -2.18. The van der Waals surface area contributed by atoms with Crippen LogP contribution in [-0.2, 0) is 4.79 Å². The molecule has 0 aliphatic heterocycles. The maximum absolute atomic E-state index is 13.9. The Morgan fingerprint density at radius 1 is 1.10 bits per heavy atom. The van der Waals surface area contributed by atoms with Crippen molar-refractivity contribution in [1.82, 2.24) is 0 Å². The molecule has 0 amide bonds. The normalized spacial score (nSPS) is 11.8. The summed E-state index contributed by atoms with van der Waals surface area (Å²) in [6, 6.07) is 4.77. The smallest absolute Gasteiger partial charge is 0.221 e. The molecule has 0 radical (unpaired) electrons. The van der Waals surface area contributed by atoms with E-state index in [4.69, 9.17) is 9.47 Å². The Hall–Kier alpha value is -1.91. The molecule has 0 heterocycles. The molecule has 0 fully saturated rings. The molecule has 1 unspecified atom stereocenters. The summed E-state index contributed by atoms with van der Waals surface area (Å²) < 4.78 is 24.6. The van der Waals surface area contributed by atoms with Gasteiger partial charge in [-0.15, -0.1) is 0 Å². The van der Waals surface area contributed by atoms with Gasteiger partial charge in [-0.25, -0.2) is 4.39 Å². The Bertz CT molecular complexity index is 461. The molecule has 0 N–H and O–H groups in total. The van der Waals surface area contributed by atoms with Crippen molar-refractivity contribution in [2.75, 3.05) is 13.2 Å². The first-order valence-electron chi connectivity index (χ1n) is 6.66. The molecule has 0 bridgehead atoms. The molecular formula is C15H19FO4. The predicted molar refractivity (Wildman–Crippen MR) is 73.3 cm³/mol. The number of ketones is 2. The van der Waals surface area contributed by atoms with Gasteiger partial charge >= 0.3 is 0 Å². The number of carbonyl (C=O) groups is 2. The average molecular weight is 282 g/mol. The van der Waals surface area contributed by atoms with Crippen LogP contribution >= 0.6 is 0 Å². The summed E-state index contributed by atoms with van der Waals surface area (Å²) in [7, 11) is 0. The summed E-state index contributed by atoms with van der Waals surface area (Å²) in [6.45, 7) is 5.68. The van der Waals surface area contributed by atoms with E-state index in [2.05, 4.69) is 0 Å². The molecule has 0 saturated heterocycles. The quantitative estimate of drug-likeness (QED) is 0.543. The lowest BCUT2D eigenvalue weighted by Gasteiger charge is -2.15. The number of carbonyl (C=O) groups excluding carboxylic acids is 2. The molecule has 20 heavy (non-hydrogen) atoms. The van der Waals surface area contributed by atoms with Gasteiger partial charge in [-0.3, -0.25) is 9.59 Å². The molecule has 4 nitrogen and oxygen atoms in total. The molecule has 1 rings (SSSR count). The van der Waals surface area contributed by atoms with Crippen LogP contribution in [0.2, 0.25) is 0 Å². The second-order valence-electron chi connectivity index (χ2n) is 4.04. The van der Waals surface area contributed by atoms with Crippen LogP contribution in [0.15, 0.2) is 18.2 Å². The van der Waals surface area contributed by atoms with E-state index in [0.717, 1.165) is 0 Å². The van der Waals surface area contributed by atoms with E-state index in [0.29, 0.717) is 13.2 Å². The Labute approximate surface area is 117 Å². The fourth-order valence-corrected chi connectivity index (χ4v) is 1.76. The van der Waals surface area contributed by atoms with Gasteiger partial charge in [0.1, 0.15) is 17.1 Å². The van der Waals surface area contributed by atoms with Crippen molar-refractivity contribution in [3.63, 3.8) is 0 Å². The van der Waals surface area contributed by atoms with Crippen molar-refractivity contribution in [3.8, 4) is 11.5 Å². The highest BCUT2D eigenvalue weighted by atomic mass is 19.1. The lowest BCUT2D eigenvalue weighted by atomic mass is 10.0. The van der Waals surface area contributed by atoms with Crippen molar-refractivity contribution in [2.24, 2.45) is 0 Å². The third-order valence-electron chi connectivity index (χ3n) is 2.70. The lowest BCUT2D eigenvalue weighted by Crippen LogP contribution is -2.26. The topological polar surface area (TPSA) is 52.6 Å². The number of hydrogen-bond donors (Lipinski definition) is 0. The number of rotatable bonds is 8. The zero-order valence-electron chi connectivity index (χ0n) is 11.9. The summed E-state index contributed by atoms with van der Waals surface area (Å²) >= 11 is 0. The molecule has 1 aromatic carbocycles. The SMILES string of the molecule is CCOc1cccc(OCC)c1C(=O)C(F)C(=O)CC. The molecule has 0 aromatic heterocycles. The Kier molecular flexibility index (Phi) is 6.15. The minimum absolute atomic E-state index is 0.00880. The molecule has 0 saturated carbocycles. The molecule has 0 spiro atoms. The van der Waals surface area contributed by atoms with Gasteiger partial charge in [0.2, 0.25) is 12.0 Å². The van der Waals surface area contributed by atoms with E-state index in [1.165, 1.54) is 6.92 Å². The van der Waals surface area contributed by atoms with Gasteiger partial charge in [-0.2, -0.15) is 0 Å². The molecule has 1 aromatic rings. The fourth-order valence-electron chi connectivity index (χ4n) is 1.76. The summed E-state index contributed by atoms with van der Waals surface area (Å²) in [5.74, 6) is -1.20. The van der Waals surface area contributed by atoms with Gasteiger partial charge in [-0.1, -0.05) is 13.0 Å². The first-order valence-corrected chi connectivity index (χ1v) is 6.66. The highest BCUT2D eigenvalue weighted by Crippen LogP contribution is 2.31. The van der Waals surface area contributed by atoms with E-state index in [9.17, 15) is 14.0 Å². The van der Waals surface area contributed by atoms with E-state index < -0.39 is 17.7 Å². The molecule has 1 atom stereocenters. The zero-order valence-corrected chi connectivity index (χ0v) is 11.9. The maximum Gasteiger partial charge on any atom is 0.221 e. The molecule has 0 aliphatic carbocycles. The largest absolute Gasteiger partial charge is 0.493 e. The Morgan fingerprint density at radius 2 is 1.60 bits per heavy atom. The van der Waals surface area contributed by atoms with Crippen molar-refractivity contribution in [2.45, 2.75) is 33.4 Å². The maximum atomic E-state index is 13.9. The average Bonchev–Trinajstić information content (AvgIpc) is 2.46. The molecule has 5 heteroatoms. The van der Waals surface area contributed by atoms with Crippen molar-refractivity contribution >= 4 is 11.6 Å². The third kappa shape index (κ3) is 3.56. The standard InChI is InChI=1S/C15H19FO4/c1-4-10(17)14(16)15(18)13-11(19-5-2)8-7-9-12(13)20-6-3/h7-9,14H,4-6H2,1-3H3. The van der Waals surface area contributed by atoms with Crippen LogP contribution in [0.5, 0.6) is 11.5 Å². The number of hydrogen-bond acceptors (Lipinski definition) is 4. The van der Waals surface area contributed by atoms with Crippen LogP contribution in [0.4, 0.5) is 4.39 Å². The molecule has 0 aliphatic rings. The van der Waals surface area contributed by atoms with E-state index >= 15 is 0 Å². The van der Waals surface area contributed by atoms with Gasteiger partial charge in [0, 0.05) is 6.42 Å². The molecule has 110 valence electrons. The van der Waals surface area contributed by atoms with Crippen LogP contribution < -0.4 is 9.47 Å².